The number of H-pyrrole nitrogens is 2. The Hall–Kier alpha value is -1.85. The number of fused-ring (bicyclic) bond motifs is 1. The predicted octanol–water partition coefficient (Wildman–Crippen LogP) is -1.05. The number of aryl methyl sites for hydroxylation is 1. The lowest BCUT2D eigenvalue weighted by molar-refractivity contribution is 0.889. The molecule has 0 aliphatic rings. The average Bonchev–Trinajstić information content (AvgIpc) is 2.28. The average molecular weight is 166 g/mol. The van der Waals surface area contributed by atoms with Crippen LogP contribution in [0.2, 0.25) is 0 Å². The van der Waals surface area contributed by atoms with Gasteiger partial charge in [-0.05, 0) is 0 Å². The van der Waals surface area contributed by atoms with E-state index in [9.17, 15) is 9.59 Å². The van der Waals surface area contributed by atoms with Crippen LogP contribution in [0.1, 0.15) is 0 Å². The van der Waals surface area contributed by atoms with Gasteiger partial charge in [0, 0.05) is 7.05 Å². The molecule has 0 atom stereocenters. The first-order valence-corrected chi connectivity index (χ1v) is 3.32. The van der Waals surface area contributed by atoms with Gasteiger partial charge in [-0.15, -0.1) is 0 Å². The number of hydrogen-bond acceptors (Lipinski definition) is 3. The number of nitrogens with zero attached hydrogens (tertiary/aromatic N) is 2. The van der Waals surface area contributed by atoms with Crippen LogP contribution in [0.4, 0.5) is 0 Å². The molecule has 0 unspecified atom stereocenters. The molecule has 12 heavy (non-hydrogen) atoms. The molecule has 6 nitrogen and oxygen atoms in total. The van der Waals surface area contributed by atoms with Crippen LogP contribution in [0.5, 0.6) is 0 Å². The Labute approximate surface area is 65.9 Å². The van der Waals surface area contributed by atoms with Crippen LogP contribution in [0.25, 0.3) is 11.2 Å². The number of rotatable bonds is 0. The van der Waals surface area contributed by atoms with E-state index in [4.69, 9.17) is 0 Å². The third kappa shape index (κ3) is 0.777. The SMILES string of the molecule is Cn1c(=O)[nH]c2[nH]c(=O)ncc21. The molecule has 6 heteroatoms. The highest BCUT2D eigenvalue weighted by Crippen LogP contribution is 1.98. The molecule has 0 radical (unpaired) electrons. The van der Waals surface area contributed by atoms with Crippen LogP contribution >= 0.6 is 0 Å². The Bertz CT molecular complexity index is 532. The molecule has 62 valence electrons. The minimum absolute atomic E-state index is 0.270. The van der Waals surface area contributed by atoms with Gasteiger partial charge in [0.05, 0.1) is 6.20 Å². The van der Waals surface area contributed by atoms with E-state index >= 15 is 0 Å². The predicted molar refractivity (Wildman–Crippen MR) is 42.0 cm³/mol. The lowest BCUT2D eigenvalue weighted by atomic mass is 10.5. The summed E-state index contributed by atoms with van der Waals surface area (Å²) in [5, 5.41) is 0. The monoisotopic (exact) mass is 166 g/mol. The molecule has 0 spiro atoms. The third-order valence-electron chi connectivity index (χ3n) is 1.69. The summed E-state index contributed by atoms with van der Waals surface area (Å²) in [7, 11) is 1.60. The highest BCUT2D eigenvalue weighted by atomic mass is 16.1. The van der Waals surface area contributed by atoms with Gasteiger partial charge in [-0.3, -0.25) is 14.5 Å². The van der Waals surface area contributed by atoms with Crippen molar-refractivity contribution in [3.63, 3.8) is 0 Å². The number of hydrogen-bond donors (Lipinski definition) is 2. The highest BCUT2D eigenvalue weighted by molar-refractivity contribution is 5.68. The van der Waals surface area contributed by atoms with Gasteiger partial charge in [0.25, 0.3) is 0 Å². The fraction of sp³-hybridized carbons (Fsp3) is 0.167. The molecule has 0 amide bonds. The lowest BCUT2D eigenvalue weighted by Crippen LogP contribution is -2.11. The van der Waals surface area contributed by atoms with Gasteiger partial charge in [0.2, 0.25) is 0 Å². The zero-order valence-corrected chi connectivity index (χ0v) is 6.29. The molecule has 0 saturated heterocycles. The fourth-order valence-corrected chi connectivity index (χ4v) is 1.04. The van der Waals surface area contributed by atoms with Crippen LogP contribution in [0.3, 0.4) is 0 Å². The molecule has 0 fully saturated rings. The summed E-state index contributed by atoms with van der Waals surface area (Å²) in [6, 6.07) is 0. The Morgan fingerprint density at radius 3 is 2.92 bits per heavy atom. The van der Waals surface area contributed by atoms with Crippen molar-refractivity contribution >= 4 is 11.2 Å². The topological polar surface area (TPSA) is 83.5 Å². The zero-order chi connectivity index (χ0) is 8.72. The number of aromatic nitrogens is 4. The number of aromatic amines is 2. The van der Waals surface area contributed by atoms with E-state index in [-0.39, 0.29) is 5.69 Å². The Morgan fingerprint density at radius 1 is 1.42 bits per heavy atom. The van der Waals surface area contributed by atoms with Crippen LogP contribution in [-0.2, 0) is 7.05 Å². The van der Waals surface area contributed by atoms with E-state index in [1.807, 2.05) is 0 Å². The van der Waals surface area contributed by atoms with Crippen molar-refractivity contribution in [3.05, 3.63) is 27.2 Å². The van der Waals surface area contributed by atoms with Crippen LogP contribution in [-0.4, -0.2) is 19.5 Å². The maximum atomic E-state index is 11.0. The summed E-state index contributed by atoms with van der Waals surface area (Å²) in [5.41, 5.74) is 0.250. The van der Waals surface area contributed by atoms with Gasteiger partial charge in [-0.2, -0.15) is 4.98 Å². The smallest absolute Gasteiger partial charge is 0.292 e. The van der Waals surface area contributed by atoms with Crippen molar-refractivity contribution in [2.24, 2.45) is 7.05 Å². The molecule has 2 heterocycles. The minimum atomic E-state index is -0.468. The summed E-state index contributed by atoms with van der Waals surface area (Å²) < 4.78 is 1.37. The summed E-state index contributed by atoms with van der Waals surface area (Å²) in [6.07, 6.45) is 1.35. The molecule has 2 rings (SSSR count). The van der Waals surface area contributed by atoms with E-state index in [1.54, 1.807) is 7.05 Å². The zero-order valence-electron chi connectivity index (χ0n) is 6.29. The molecule has 0 aromatic carbocycles. The Kier molecular flexibility index (Phi) is 1.18. The van der Waals surface area contributed by atoms with Crippen molar-refractivity contribution in [1.82, 2.24) is 19.5 Å². The maximum Gasteiger partial charge on any atom is 0.346 e. The molecule has 2 aromatic heterocycles. The first-order chi connectivity index (χ1) is 5.68. The van der Waals surface area contributed by atoms with Gasteiger partial charge >= 0.3 is 11.4 Å². The summed E-state index contributed by atoms with van der Waals surface area (Å²) in [5.74, 6) is 0. The van der Waals surface area contributed by atoms with Crippen molar-refractivity contribution in [2.45, 2.75) is 0 Å². The minimum Gasteiger partial charge on any atom is -0.292 e. The molecule has 0 bridgehead atoms. The standard InChI is InChI=1S/C6H6N4O2/c1-10-3-2-7-5(11)8-4(3)9-6(10)12/h2H,1H3,(H2,7,8,9,11,12). The first-order valence-electron chi connectivity index (χ1n) is 3.32. The molecular formula is C6H6N4O2. The first kappa shape index (κ1) is 6.84. The van der Waals surface area contributed by atoms with Crippen molar-refractivity contribution < 1.29 is 0 Å². The Morgan fingerprint density at radius 2 is 2.17 bits per heavy atom. The lowest BCUT2D eigenvalue weighted by Gasteiger charge is -1.88. The molecule has 2 N–H and O–H groups in total. The van der Waals surface area contributed by atoms with E-state index in [2.05, 4.69) is 15.0 Å². The van der Waals surface area contributed by atoms with Crippen molar-refractivity contribution in [1.29, 1.82) is 0 Å². The van der Waals surface area contributed by atoms with Crippen LogP contribution in [0, 0.1) is 0 Å². The van der Waals surface area contributed by atoms with Crippen LogP contribution in [0.15, 0.2) is 15.8 Å². The second kappa shape index (κ2) is 2.07. The second-order valence-corrected chi connectivity index (χ2v) is 2.44. The van der Waals surface area contributed by atoms with Gasteiger partial charge in [-0.25, -0.2) is 9.59 Å². The van der Waals surface area contributed by atoms with Gasteiger partial charge in [0.1, 0.15) is 11.2 Å². The third-order valence-corrected chi connectivity index (χ3v) is 1.69. The van der Waals surface area contributed by atoms with Crippen molar-refractivity contribution in [2.75, 3.05) is 0 Å². The number of imidazole rings is 1. The molecule has 0 aliphatic carbocycles. The molecular weight excluding hydrogens is 160 g/mol. The van der Waals surface area contributed by atoms with Gasteiger partial charge < -0.3 is 0 Å². The summed E-state index contributed by atoms with van der Waals surface area (Å²) in [4.78, 5) is 30.1. The normalized spacial score (nSPS) is 10.8. The van der Waals surface area contributed by atoms with Crippen molar-refractivity contribution in [3.8, 4) is 0 Å². The second-order valence-electron chi connectivity index (χ2n) is 2.44. The molecule has 2 aromatic rings. The maximum absolute atomic E-state index is 11.0. The largest absolute Gasteiger partial charge is 0.346 e. The summed E-state index contributed by atoms with van der Waals surface area (Å²) >= 11 is 0. The summed E-state index contributed by atoms with van der Waals surface area (Å²) in [6.45, 7) is 0. The molecule has 0 saturated carbocycles. The van der Waals surface area contributed by atoms with E-state index < -0.39 is 5.69 Å². The van der Waals surface area contributed by atoms with E-state index in [1.165, 1.54) is 10.8 Å². The van der Waals surface area contributed by atoms with Gasteiger partial charge in [0.15, 0.2) is 0 Å². The molecule has 0 aliphatic heterocycles. The van der Waals surface area contributed by atoms with Crippen LogP contribution < -0.4 is 11.4 Å². The number of nitrogens with one attached hydrogen (secondary N) is 2. The fourth-order valence-electron chi connectivity index (χ4n) is 1.04. The van der Waals surface area contributed by atoms with E-state index in [0.29, 0.717) is 11.2 Å². The quantitative estimate of drug-likeness (QED) is 0.523. The Balaban J connectivity index is 3.06. The highest BCUT2D eigenvalue weighted by Gasteiger charge is 2.02. The van der Waals surface area contributed by atoms with Gasteiger partial charge in [-0.1, -0.05) is 0 Å². The van der Waals surface area contributed by atoms with E-state index in [0.717, 1.165) is 0 Å².